The highest BCUT2D eigenvalue weighted by Crippen LogP contribution is 2.27. The van der Waals surface area contributed by atoms with Gasteiger partial charge in [0.15, 0.2) is 12.4 Å². The number of anilines is 1. The molecule has 0 atom stereocenters. The minimum atomic E-state index is -0.630. The zero-order valence-corrected chi connectivity index (χ0v) is 17.7. The summed E-state index contributed by atoms with van der Waals surface area (Å²) in [7, 11) is 1.49. The zero-order valence-electron chi connectivity index (χ0n) is 16.9. The predicted molar refractivity (Wildman–Crippen MR) is 113 cm³/mol. The van der Waals surface area contributed by atoms with Crippen LogP contribution < -0.4 is 14.8 Å². The number of Topliss-reactive ketones (excluding diaryl/α,β-unsaturated/α-hetero) is 1. The van der Waals surface area contributed by atoms with E-state index in [2.05, 4.69) is 5.32 Å². The molecule has 0 radical (unpaired) electrons. The van der Waals surface area contributed by atoms with Gasteiger partial charge in [-0.2, -0.15) is 0 Å². The molecule has 0 fully saturated rings. The van der Waals surface area contributed by atoms with Crippen molar-refractivity contribution in [3.8, 4) is 11.5 Å². The van der Waals surface area contributed by atoms with Crippen LogP contribution in [0.5, 0.6) is 11.5 Å². The number of carbonyl (C=O) groups is 3. The molecular weight excluding hydrogens is 410 g/mol. The van der Waals surface area contributed by atoms with Gasteiger partial charge in [0.05, 0.1) is 25.2 Å². The SMILES string of the molecule is CCCOc1ccc(C(=O)CCC(=O)OCC(=O)Nc2ccc(OC)c(Cl)c2)cc1. The van der Waals surface area contributed by atoms with Crippen LogP contribution in [0.1, 0.15) is 36.5 Å². The Balaban J connectivity index is 1.73. The Morgan fingerprint density at radius 1 is 1.03 bits per heavy atom. The van der Waals surface area contributed by atoms with Gasteiger partial charge < -0.3 is 19.5 Å². The van der Waals surface area contributed by atoms with Crippen LogP contribution in [0.25, 0.3) is 0 Å². The van der Waals surface area contributed by atoms with Crippen LogP contribution in [0.2, 0.25) is 5.02 Å². The Morgan fingerprint density at radius 2 is 1.77 bits per heavy atom. The maximum atomic E-state index is 12.2. The summed E-state index contributed by atoms with van der Waals surface area (Å²) < 4.78 is 15.4. The van der Waals surface area contributed by atoms with Crippen molar-refractivity contribution in [2.75, 3.05) is 25.6 Å². The van der Waals surface area contributed by atoms with Gasteiger partial charge in [0.25, 0.3) is 5.91 Å². The van der Waals surface area contributed by atoms with Gasteiger partial charge in [-0.05, 0) is 48.9 Å². The fourth-order valence-corrected chi connectivity index (χ4v) is 2.73. The first kappa shape index (κ1) is 23.2. The molecule has 8 heteroatoms. The van der Waals surface area contributed by atoms with Crippen LogP contribution in [0.4, 0.5) is 5.69 Å². The average Bonchev–Trinajstić information content (AvgIpc) is 2.75. The largest absolute Gasteiger partial charge is 0.495 e. The Kier molecular flexibility index (Phi) is 9.15. The van der Waals surface area contributed by atoms with E-state index in [1.165, 1.54) is 13.2 Å². The van der Waals surface area contributed by atoms with E-state index in [-0.39, 0.29) is 18.6 Å². The lowest BCUT2D eigenvalue weighted by atomic mass is 10.1. The predicted octanol–water partition coefficient (Wildman–Crippen LogP) is 4.28. The van der Waals surface area contributed by atoms with Gasteiger partial charge in [-0.1, -0.05) is 18.5 Å². The van der Waals surface area contributed by atoms with E-state index in [1.54, 1.807) is 36.4 Å². The number of rotatable bonds is 11. The van der Waals surface area contributed by atoms with E-state index >= 15 is 0 Å². The highest BCUT2D eigenvalue weighted by atomic mass is 35.5. The van der Waals surface area contributed by atoms with E-state index in [4.69, 9.17) is 25.8 Å². The van der Waals surface area contributed by atoms with Crippen molar-refractivity contribution < 1.29 is 28.6 Å². The number of carbonyl (C=O) groups excluding carboxylic acids is 3. The molecule has 0 bridgehead atoms. The van der Waals surface area contributed by atoms with Crippen molar-refractivity contribution in [1.29, 1.82) is 0 Å². The van der Waals surface area contributed by atoms with Gasteiger partial charge in [0.2, 0.25) is 0 Å². The minimum absolute atomic E-state index is 0.0102. The van der Waals surface area contributed by atoms with Crippen LogP contribution in [-0.2, 0) is 14.3 Å². The minimum Gasteiger partial charge on any atom is -0.495 e. The summed E-state index contributed by atoms with van der Waals surface area (Å²) in [6, 6.07) is 11.5. The molecule has 0 aliphatic rings. The summed E-state index contributed by atoms with van der Waals surface area (Å²) in [5.41, 5.74) is 0.934. The van der Waals surface area contributed by atoms with E-state index < -0.39 is 18.5 Å². The summed E-state index contributed by atoms with van der Waals surface area (Å²) in [5.74, 6) is -0.162. The fraction of sp³-hybridized carbons (Fsp3) is 0.318. The second kappa shape index (κ2) is 11.8. The van der Waals surface area contributed by atoms with Crippen LogP contribution in [0.3, 0.4) is 0 Å². The molecule has 0 aliphatic carbocycles. The molecule has 0 saturated carbocycles. The molecule has 0 aromatic heterocycles. The monoisotopic (exact) mass is 433 g/mol. The first-order valence-electron chi connectivity index (χ1n) is 9.48. The number of nitrogens with one attached hydrogen (secondary N) is 1. The van der Waals surface area contributed by atoms with Crippen molar-refractivity contribution in [3.63, 3.8) is 0 Å². The molecule has 0 aliphatic heterocycles. The third-order valence-electron chi connectivity index (χ3n) is 4.01. The maximum Gasteiger partial charge on any atom is 0.306 e. The first-order chi connectivity index (χ1) is 14.4. The number of hydrogen-bond acceptors (Lipinski definition) is 6. The fourth-order valence-electron chi connectivity index (χ4n) is 2.48. The van der Waals surface area contributed by atoms with Gasteiger partial charge in [0, 0.05) is 17.7 Å². The normalized spacial score (nSPS) is 10.2. The third kappa shape index (κ3) is 7.40. The van der Waals surface area contributed by atoms with Crippen LogP contribution >= 0.6 is 11.6 Å². The third-order valence-corrected chi connectivity index (χ3v) is 4.30. The first-order valence-corrected chi connectivity index (χ1v) is 9.85. The molecule has 2 rings (SSSR count). The molecule has 1 N–H and O–H groups in total. The lowest BCUT2D eigenvalue weighted by Crippen LogP contribution is -2.21. The van der Waals surface area contributed by atoms with Crippen LogP contribution in [0, 0.1) is 0 Å². The molecule has 1 amide bonds. The molecule has 0 heterocycles. The standard InChI is InChI=1S/C22H24ClNO6/c1-3-12-29-17-7-4-15(5-8-17)19(25)9-11-22(27)30-14-21(26)24-16-6-10-20(28-2)18(23)13-16/h4-8,10,13H,3,9,11-12,14H2,1-2H3,(H,24,26). The highest BCUT2D eigenvalue weighted by Gasteiger charge is 2.13. The van der Waals surface area contributed by atoms with E-state index in [1.807, 2.05) is 6.92 Å². The molecule has 30 heavy (non-hydrogen) atoms. The highest BCUT2D eigenvalue weighted by molar-refractivity contribution is 6.32. The Hall–Kier alpha value is -3.06. The summed E-state index contributed by atoms with van der Waals surface area (Å²) in [6.45, 7) is 2.16. The topological polar surface area (TPSA) is 90.9 Å². The van der Waals surface area contributed by atoms with E-state index in [0.717, 1.165) is 6.42 Å². The van der Waals surface area contributed by atoms with Crippen LogP contribution in [0.15, 0.2) is 42.5 Å². The Morgan fingerprint density at radius 3 is 2.40 bits per heavy atom. The van der Waals surface area contributed by atoms with Gasteiger partial charge >= 0.3 is 5.97 Å². The van der Waals surface area contributed by atoms with Crippen molar-refractivity contribution in [3.05, 3.63) is 53.1 Å². The van der Waals surface area contributed by atoms with Gasteiger partial charge in [-0.15, -0.1) is 0 Å². The summed E-state index contributed by atoms with van der Waals surface area (Å²) in [5, 5.41) is 2.91. The number of ketones is 1. The number of ether oxygens (including phenoxy) is 3. The summed E-state index contributed by atoms with van der Waals surface area (Å²) in [4.78, 5) is 35.9. The van der Waals surface area contributed by atoms with Crippen molar-refractivity contribution in [1.82, 2.24) is 0 Å². The molecule has 0 spiro atoms. The lowest BCUT2D eigenvalue weighted by molar-refractivity contribution is -0.147. The van der Waals surface area contributed by atoms with Crippen molar-refractivity contribution >= 4 is 34.9 Å². The van der Waals surface area contributed by atoms with E-state index in [0.29, 0.717) is 34.4 Å². The van der Waals surface area contributed by atoms with Crippen LogP contribution in [-0.4, -0.2) is 38.0 Å². The number of methoxy groups -OCH3 is 1. The van der Waals surface area contributed by atoms with Crippen molar-refractivity contribution in [2.45, 2.75) is 26.2 Å². The van der Waals surface area contributed by atoms with Gasteiger partial charge in [0.1, 0.15) is 11.5 Å². The smallest absolute Gasteiger partial charge is 0.306 e. The maximum absolute atomic E-state index is 12.2. The molecular formula is C22H24ClNO6. The second-order valence-electron chi connectivity index (χ2n) is 6.35. The van der Waals surface area contributed by atoms with E-state index in [9.17, 15) is 14.4 Å². The Labute approximate surface area is 180 Å². The number of hydrogen-bond donors (Lipinski definition) is 1. The van der Waals surface area contributed by atoms with Gasteiger partial charge in [-0.3, -0.25) is 14.4 Å². The molecule has 2 aromatic carbocycles. The van der Waals surface area contributed by atoms with Crippen molar-refractivity contribution in [2.24, 2.45) is 0 Å². The second-order valence-corrected chi connectivity index (χ2v) is 6.76. The zero-order chi connectivity index (χ0) is 21.9. The van der Waals surface area contributed by atoms with Gasteiger partial charge in [-0.25, -0.2) is 0 Å². The molecule has 2 aromatic rings. The molecule has 7 nitrogen and oxygen atoms in total. The Bertz CT molecular complexity index is 882. The number of esters is 1. The quantitative estimate of drug-likeness (QED) is 0.420. The number of halogens is 1. The lowest BCUT2D eigenvalue weighted by Gasteiger charge is -2.09. The summed E-state index contributed by atoms with van der Waals surface area (Å²) in [6.07, 6.45) is 0.771. The average molecular weight is 434 g/mol. The summed E-state index contributed by atoms with van der Waals surface area (Å²) >= 11 is 5.99. The number of amides is 1. The number of benzene rings is 2. The molecule has 0 unspecified atom stereocenters. The molecule has 160 valence electrons. The molecule has 0 saturated heterocycles.